The van der Waals surface area contributed by atoms with Gasteiger partial charge >= 0.3 is 11.8 Å². The SMILES string of the molecule is COCCN(CC(=O)O)c1c([N+](=O)[O-])nc(C)n1C. The van der Waals surface area contributed by atoms with Crippen LogP contribution in [0, 0.1) is 17.0 Å². The Bertz CT molecular complexity index is 485. The summed E-state index contributed by atoms with van der Waals surface area (Å²) in [5.41, 5.74) is 0. The molecule has 0 saturated carbocycles. The van der Waals surface area contributed by atoms with E-state index in [0.717, 1.165) is 0 Å². The minimum atomic E-state index is -1.08. The lowest BCUT2D eigenvalue weighted by atomic mass is 10.4. The zero-order chi connectivity index (χ0) is 14.6. The molecule has 0 radical (unpaired) electrons. The van der Waals surface area contributed by atoms with Crippen molar-refractivity contribution < 1.29 is 19.6 Å². The molecule has 0 bridgehead atoms. The number of imidazole rings is 1. The molecule has 1 aromatic heterocycles. The van der Waals surface area contributed by atoms with E-state index in [1.165, 1.54) is 16.6 Å². The maximum Gasteiger partial charge on any atom is 0.406 e. The summed E-state index contributed by atoms with van der Waals surface area (Å²) in [5, 5.41) is 19.9. The van der Waals surface area contributed by atoms with Gasteiger partial charge in [-0.25, -0.2) is 0 Å². The van der Waals surface area contributed by atoms with E-state index < -0.39 is 10.9 Å². The van der Waals surface area contributed by atoms with Crippen LogP contribution in [0.25, 0.3) is 0 Å². The van der Waals surface area contributed by atoms with Gasteiger partial charge in [0.2, 0.25) is 11.6 Å². The molecule has 0 amide bonds. The van der Waals surface area contributed by atoms with Crippen molar-refractivity contribution in [3.8, 4) is 0 Å². The molecule has 0 aliphatic rings. The van der Waals surface area contributed by atoms with Crippen molar-refractivity contribution in [2.75, 3.05) is 31.7 Å². The number of carboxylic acids is 1. The van der Waals surface area contributed by atoms with Crippen LogP contribution in [-0.4, -0.2) is 52.4 Å². The maximum atomic E-state index is 11.0. The Morgan fingerprint density at radius 2 is 2.26 bits per heavy atom. The van der Waals surface area contributed by atoms with Crippen molar-refractivity contribution in [3.63, 3.8) is 0 Å². The van der Waals surface area contributed by atoms with Crippen LogP contribution in [0.2, 0.25) is 0 Å². The van der Waals surface area contributed by atoms with E-state index in [1.54, 1.807) is 14.0 Å². The first-order valence-electron chi connectivity index (χ1n) is 5.51. The summed E-state index contributed by atoms with van der Waals surface area (Å²) in [6, 6.07) is 0. The first kappa shape index (κ1) is 14.9. The number of aryl methyl sites for hydroxylation is 1. The van der Waals surface area contributed by atoms with Crippen molar-refractivity contribution in [2.45, 2.75) is 6.92 Å². The first-order chi connectivity index (χ1) is 8.88. The molecule has 9 heteroatoms. The molecule has 0 aromatic carbocycles. The van der Waals surface area contributed by atoms with Crippen LogP contribution < -0.4 is 4.90 Å². The van der Waals surface area contributed by atoms with Crippen molar-refractivity contribution in [2.24, 2.45) is 7.05 Å². The predicted octanol–water partition coefficient (Wildman–Crippen LogP) is 0.174. The van der Waals surface area contributed by atoms with Gasteiger partial charge in [-0.2, -0.15) is 0 Å². The summed E-state index contributed by atoms with van der Waals surface area (Å²) < 4.78 is 6.39. The van der Waals surface area contributed by atoms with E-state index in [9.17, 15) is 14.9 Å². The number of nitrogens with zero attached hydrogens (tertiary/aromatic N) is 4. The largest absolute Gasteiger partial charge is 0.480 e. The van der Waals surface area contributed by atoms with Crippen molar-refractivity contribution in [1.29, 1.82) is 0 Å². The molecule has 0 saturated heterocycles. The molecule has 0 aliphatic carbocycles. The number of aromatic nitrogens is 2. The van der Waals surface area contributed by atoms with Crippen LogP contribution in [0.1, 0.15) is 5.82 Å². The fourth-order valence-electron chi connectivity index (χ4n) is 1.68. The Morgan fingerprint density at radius 1 is 1.63 bits per heavy atom. The fourth-order valence-corrected chi connectivity index (χ4v) is 1.68. The Hall–Kier alpha value is -2.16. The number of nitro groups is 1. The van der Waals surface area contributed by atoms with E-state index in [-0.39, 0.29) is 31.3 Å². The Balaban J connectivity index is 3.19. The van der Waals surface area contributed by atoms with Gasteiger partial charge in [0.15, 0.2) is 0 Å². The monoisotopic (exact) mass is 272 g/mol. The van der Waals surface area contributed by atoms with Gasteiger partial charge < -0.3 is 24.9 Å². The van der Waals surface area contributed by atoms with E-state index in [0.29, 0.717) is 5.82 Å². The van der Waals surface area contributed by atoms with Gasteiger partial charge in [-0.15, -0.1) is 0 Å². The van der Waals surface area contributed by atoms with Gasteiger partial charge in [0, 0.05) is 27.6 Å². The highest BCUT2D eigenvalue weighted by atomic mass is 16.6. The third-order valence-corrected chi connectivity index (χ3v) is 2.63. The van der Waals surface area contributed by atoms with E-state index >= 15 is 0 Å². The summed E-state index contributed by atoms with van der Waals surface area (Å²) in [4.78, 5) is 26.4. The van der Waals surface area contributed by atoms with Crippen LogP contribution >= 0.6 is 0 Å². The van der Waals surface area contributed by atoms with Crippen LogP contribution in [0.15, 0.2) is 0 Å². The van der Waals surface area contributed by atoms with Gasteiger partial charge in [0.05, 0.1) is 6.61 Å². The molecule has 0 unspecified atom stereocenters. The molecule has 106 valence electrons. The zero-order valence-corrected chi connectivity index (χ0v) is 11.0. The molecule has 0 spiro atoms. The van der Waals surface area contributed by atoms with Gasteiger partial charge in [0.1, 0.15) is 6.54 Å². The summed E-state index contributed by atoms with van der Waals surface area (Å²) >= 11 is 0. The molecular weight excluding hydrogens is 256 g/mol. The van der Waals surface area contributed by atoms with Gasteiger partial charge in [0.25, 0.3) is 0 Å². The number of hydrogen-bond donors (Lipinski definition) is 1. The van der Waals surface area contributed by atoms with Gasteiger partial charge in [-0.1, -0.05) is 0 Å². The quantitative estimate of drug-likeness (QED) is 0.556. The minimum Gasteiger partial charge on any atom is -0.480 e. The smallest absolute Gasteiger partial charge is 0.406 e. The van der Waals surface area contributed by atoms with Crippen molar-refractivity contribution in [3.05, 3.63) is 15.9 Å². The number of methoxy groups -OCH3 is 1. The number of hydrogen-bond acceptors (Lipinski definition) is 6. The molecule has 0 atom stereocenters. The number of rotatable bonds is 7. The molecular formula is C10H16N4O5. The minimum absolute atomic E-state index is 0.168. The summed E-state index contributed by atoms with van der Waals surface area (Å²) in [6.45, 7) is 1.74. The van der Waals surface area contributed by atoms with Crippen LogP contribution in [0.4, 0.5) is 11.6 Å². The average Bonchev–Trinajstić information content (AvgIpc) is 2.61. The summed E-state index contributed by atoms with van der Waals surface area (Å²) in [5.74, 6) is -0.821. The van der Waals surface area contributed by atoms with E-state index in [4.69, 9.17) is 9.84 Å². The predicted molar refractivity (Wildman–Crippen MR) is 66.3 cm³/mol. The molecule has 0 aliphatic heterocycles. The van der Waals surface area contributed by atoms with Gasteiger partial charge in [-0.05, 0) is 9.91 Å². The zero-order valence-electron chi connectivity index (χ0n) is 11.0. The third-order valence-electron chi connectivity index (χ3n) is 2.63. The molecule has 19 heavy (non-hydrogen) atoms. The summed E-state index contributed by atoms with van der Waals surface area (Å²) in [6.07, 6.45) is 0. The lowest BCUT2D eigenvalue weighted by Gasteiger charge is -2.21. The molecule has 9 nitrogen and oxygen atoms in total. The summed E-state index contributed by atoms with van der Waals surface area (Å²) in [7, 11) is 3.08. The second-order valence-corrected chi connectivity index (χ2v) is 3.93. The highest BCUT2D eigenvalue weighted by molar-refractivity contribution is 5.74. The third kappa shape index (κ3) is 3.41. The topological polar surface area (TPSA) is 111 Å². The standard InChI is InChI=1S/C10H16N4O5/c1-7-11-9(14(17)18)10(12(7)2)13(4-5-19-3)6-8(15)16/h4-6H2,1-3H3,(H,15,16). The van der Waals surface area contributed by atoms with Crippen molar-refractivity contribution >= 4 is 17.6 Å². The van der Waals surface area contributed by atoms with Gasteiger partial charge in [-0.3, -0.25) is 9.36 Å². The normalized spacial score (nSPS) is 10.5. The molecule has 1 heterocycles. The molecule has 0 fully saturated rings. The van der Waals surface area contributed by atoms with Crippen LogP contribution in [-0.2, 0) is 16.6 Å². The van der Waals surface area contributed by atoms with Crippen LogP contribution in [0.5, 0.6) is 0 Å². The number of aliphatic carboxylic acids is 1. The maximum absolute atomic E-state index is 11.0. The average molecular weight is 272 g/mol. The number of carboxylic acid groups (broad SMARTS) is 1. The highest BCUT2D eigenvalue weighted by Crippen LogP contribution is 2.27. The lowest BCUT2D eigenvalue weighted by molar-refractivity contribution is -0.388. The molecule has 1 N–H and O–H groups in total. The highest BCUT2D eigenvalue weighted by Gasteiger charge is 2.29. The van der Waals surface area contributed by atoms with Crippen LogP contribution in [0.3, 0.4) is 0 Å². The van der Waals surface area contributed by atoms with E-state index in [2.05, 4.69) is 4.98 Å². The Morgan fingerprint density at radius 3 is 2.74 bits per heavy atom. The molecule has 1 rings (SSSR count). The Labute approximate surface area is 109 Å². The number of carbonyl (C=O) groups is 1. The number of ether oxygens (including phenoxy) is 1. The first-order valence-corrected chi connectivity index (χ1v) is 5.51. The second-order valence-electron chi connectivity index (χ2n) is 3.93. The lowest BCUT2D eigenvalue weighted by Crippen LogP contribution is -2.34. The number of anilines is 1. The van der Waals surface area contributed by atoms with Crippen molar-refractivity contribution in [1.82, 2.24) is 9.55 Å². The Kier molecular flexibility index (Phi) is 4.81. The second kappa shape index (κ2) is 6.14. The van der Waals surface area contributed by atoms with E-state index in [1.807, 2.05) is 0 Å². The molecule has 1 aromatic rings. The fraction of sp³-hybridized carbons (Fsp3) is 0.600.